The third-order valence-electron chi connectivity index (χ3n) is 2.90. The highest BCUT2D eigenvalue weighted by atomic mass is 16.5. The number of rotatable bonds is 6. The third kappa shape index (κ3) is 2.78. The van der Waals surface area contributed by atoms with E-state index in [1.54, 1.807) is 0 Å². The lowest BCUT2D eigenvalue weighted by Crippen LogP contribution is -2.07. The van der Waals surface area contributed by atoms with Gasteiger partial charge in [0.15, 0.2) is 5.82 Å². The summed E-state index contributed by atoms with van der Waals surface area (Å²) in [4.78, 5) is 4.37. The standard InChI is InChI=1S/C13H20N4O/c1-4-7-13-14-12(16-18-13)9-17-11(6-3)8-10(5-2)15-17/h8H,4-7,9H2,1-3H3. The molecule has 98 valence electrons. The Bertz CT molecular complexity index is 501. The summed E-state index contributed by atoms with van der Waals surface area (Å²) in [6.07, 6.45) is 3.77. The SMILES string of the molecule is CCCc1nc(Cn2nc(CC)cc2CC)no1. The zero-order chi connectivity index (χ0) is 13.0. The minimum atomic E-state index is 0.594. The minimum Gasteiger partial charge on any atom is -0.339 e. The minimum absolute atomic E-state index is 0.594. The molecule has 0 atom stereocenters. The number of hydrogen-bond donors (Lipinski definition) is 0. The average Bonchev–Trinajstić information content (AvgIpc) is 2.97. The zero-order valence-electron chi connectivity index (χ0n) is 11.3. The van der Waals surface area contributed by atoms with Gasteiger partial charge in [-0.25, -0.2) is 0 Å². The van der Waals surface area contributed by atoms with Gasteiger partial charge in [-0.2, -0.15) is 10.1 Å². The molecule has 0 aliphatic heterocycles. The second-order valence-corrected chi connectivity index (χ2v) is 4.35. The quantitative estimate of drug-likeness (QED) is 0.787. The van der Waals surface area contributed by atoms with E-state index in [2.05, 4.69) is 42.1 Å². The first kappa shape index (κ1) is 12.8. The van der Waals surface area contributed by atoms with Crippen LogP contribution in [0.1, 0.15) is 50.3 Å². The molecule has 0 aliphatic carbocycles. The number of aryl methyl sites for hydroxylation is 3. The van der Waals surface area contributed by atoms with E-state index in [4.69, 9.17) is 4.52 Å². The van der Waals surface area contributed by atoms with Crippen molar-refractivity contribution in [3.8, 4) is 0 Å². The van der Waals surface area contributed by atoms with Gasteiger partial charge in [0.25, 0.3) is 0 Å². The fourth-order valence-electron chi connectivity index (χ4n) is 1.91. The summed E-state index contributed by atoms with van der Waals surface area (Å²) in [5.74, 6) is 1.42. The fourth-order valence-corrected chi connectivity index (χ4v) is 1.91. The number of nitrogens with zero attached hydrogens (tertiary/aromatic N) is 4. The first-order valence-electron chi connectivity index (χ1n) is 6.63. The molecule has 0 aromatic carbocycles. The van der Waals surface area contributed by atoms with E-state index in [0.717, 1.165) is 31.4 Å². The van der Waals surface area contributed by atoms with E-state index in [9.17, 15) is 0 Å². The molecule has 2 aromatic rings. The third-order valence-corrected chi connectivity index (χ3v) is 2.90. The second-order valence-electron chi connectivity index (χ2n) is 4.35. The lowest BCUT2D eigenvalue weighted by Gasteiger charge is -2.01. The van der Waals surface area contributed by atoms with Gasteiger partial charge in [0, 0.05) is 12.1 Å². The van der Waals surface area contributed by atoms with Crippen LogP contribution in [0.4, 0.5) is 0 Å². The zero-order valence-corrected chi connectivity index (χ0v) is 11.3. The van der Waals surface area contributed by atoms with Gasteiger partial charge < -0.3 is 4.52 Å². The van der Waals surface area contributed by atoms with Crippen molar-refractivity contribution in [1.82, 2.24) is 19.9 Å². The van der Waals surface area contributed by atoms with Crippen LogP contribution in [-0.2, 0) is 25.8 Å². The fraction of sp³-hybridized carbons (Fsp3) is 0.615. The maximum absolute atomic E-state index is 5.18. The Balaban J connectivity index is 2.14. The molecule has 2 aromatic heterocycles. The molecule has 0 aliphatic rings. The molecule has 5 heteroatoms. The van der Waals surface area contributed by atoms with E-state index in [1.165, 1.54) is 5.69 Å². The van der Waals surface area contributed by atoms with E-state index in [-0.39, 0.29) is 0 Å². The van der Waals surface area contributed by atoms with Crippen molar-refractivity contribution in [3.05, 3.63) is 29.2 Å². The van der Waals surface area contributed by atoms with Crippen LogP contribution in [0.3, 0.4) is 0 Å². The highest BCUT2D eigenvalue weighted by molar-refractivity contribution is 5.11. The summed E-state index contributed by atoms with van der Waals surface area (Å²) in [6, 6.07) is 2.15. The van der Waals surface area contributed by atoms with Crippen molar-refractivity contribution in [2.24, 2.45) is 0 Å². The maximum atomic E-state index is 5.18. The van der Waals surface area contributed by atoms with Crippen LogP contribution in [0.25, 0.3) is 0 Å². The summed E-state index contributed by atoms with van der Waals surface area (Å²) >= 11 is 0. The summed E-state index contributed by atoms with van der Waals surface area (Å²) in [5, 5.41) is 8.54. The van der Waals surface area contributed by atoms with Crippen molar-refractivity contribution in [1.29, 1.82) is 0 Å². The van der Waals surface area contributed by atoms with Gasteiger partial charge in [0.1, 0.15) is 6.54 Å². The molecule has 18 heavy (non-hydrogen) atoms. The van der Waals surface area contributed by atoms with E-state index >= 15 is 0 Å². The van der Waals surface area contributed by atoms with Gasteiger partial charge in [-0.15, -0.1) is 0 Å². The topological polar surface area (TPSA) is 56.7 Å². The van der Waals surface area contributed by atoms with Crippen molar-refractivity contribution in [2.75, 3.05) is 0 Å². The Morgan fingerprint density at radius 2 is 2.06 bits per heavy atom. The predicted octanol–water partition coefficient (Wildman–Crippen LogP) is 2.39. The van der Waals surface area contributed by atoms with E-state index < -0.39 is 0 Å². The van der Waals surface area contributed by atoms with Crippen LogP contribution in [-0.4, -0.2) is 19.9 Å². The Morgan fingerprint density at radius 3 is 2.72 bits per heavy atom. The van der Waals surface area contributed by atoms with Crippen molar-refractivity contribution >= 4 is 0 Å². The van der Waals surface area contributed by atoms with E-state index in [1.807, 2.05) is 4.68 Å². The second kappa shape index (κ2) is 5.80. The van der Waals surface area contributed by atoms with Gasteiger partial charge in [0.2, 0.25) is 5.89 Å². The Kier molecular flexibility index (Phi) is 4.12. The maximum Gasteiger partial charge on any atom is 0.226 e. The Hall–Kier alpha value is -1.65. The Labute approximate surface area is 107 Å². The molecule has 0 radical (unpaired) electrons. The van der Waals surface area contributed by atoms with Crippen LogP contribution in [0.5, 0.6) is 0 Å². The highest BCUT2D eigenvalue weighted by Gasteiger charge is 2.10. The van der Waals surface area contributed by atoms with Gasteiger partial charge in [-0.3, -0.25) is 4.68 Å². The lowest BCUT2D eigenvalue weighted by molar-refractivity contribution is 0.370. The monoisotopic (exact) mass is 248 g/mol. The summed E-state index contributed by atoms with van der Waals surface area (Å²) < 4.78 is 7.15. The van der Waals surface area contributed by atoms with Crippen LogP contribution in [0, 0.1) is 0 Å². The molecule has 5 nitrogen and oxygen atoms in total. The molecule has 2 heterocycles. The van der Waals surface area contributed by atoms with Gasteiger partial charge in [-0.1, -0.05) is 25.9 Å². The normalized spacial score (nSPS) is 11.1. The lowest BCUT2D eigenvalue weighted by atomic mass is 10.2. The van der Waals surface area contributed by atoms with Gasteiger partial charge >= 0.3 is 0 Å². The van der Waals surface area contributed by atoms with Gasteiger partial charge in [0.05, 0.1) is 5.69 Å². The summed E-state index contributed by atoms with van der Waals surface area (Å²) in [6.45, 7) is 6.93. The molecule has 0 saturated carbocycles. The molecule has 0 fully saturated rings. The number of hydrogen-bond acceptors (Lipinski definition) is 4. The van der Waals surface area contributed by atoms with Crippen LogP contribution >= 0.6 is 0 Å². The molecule has 0 spiro atoms. The Morgan fingerprint density at radius 1 is 1.22 bits per heavy atom. The largest absolute Gasteiger partial charge is 0.339 e. The molecule has 0 saturated heterocycles. The smallest absolute Gasteiger partial charge is 0.226 e. The number of aromatic nitrogens is 4. The van der Waals surface area contributed by atoms with Crippen LogP contribution in [0.2, 0.25) is 0 Å². The molecule has 0 N–H and O–H groups in total. The first-order chi connectivity index (χ1) is 8.76. The predicted molar refractivity (Wildman–Crippen MR) is 68.4 cm³/mol. The van der Waals surface area contributed by atoms with Crippen molar-refractivity contribution in [3.63, 3.8) is 0 Å². The van der Waals surface area contributed by atoms with Crippen molar-refractivity contribution < 1.29 is 4.52 Å². The molecule has 0 unspecified atom stereocenters. The molecular weight excluding hydrogens is 228 g/mol. The molecular formula is C13H20N4O. The van der Waals surface area contributed by atoms with Gasteiger partial charge in [-0.05, 0) is 25.3 Å². The van der Waals surface area contributed by atoms with Crippen LogP contribution < -0.4 is 0 Å². The highest BCUT2D eigenvalue weighted by Crippen LogP contribution is 2.09. The summed E-state index contributed by atoms with van der Waals surface area (Å²) in [7, 11) is 0. The molecule has 0 amide bonds. The van der Waals surface area contributed by atoms with Crippen molar-refractivity contribution in [2.45, 2.75) is 53.0 Å². The van der Waals surface area contributed by atoms with E-state index in [0.29, 0.717) is 18.3 Å². The molecule has 0 bridgehead atoms. The first-order valence-corrected chi connectivity index (χ1v) is 6.63. The summed E-state index contributed by atoms with van der Waals surface area (Å²) in [5.41, 5.74) is 2.33. The molecule has 2 rings (SSSR count). The average molecular weight is 248 g/mol. The van der Waals surface area contributed by atoms with Crippen LogP contribution in [0.15, 0.2) is 10.6 Å².